The highest BCUT2D eigenvalue weighted by molar-refractivity contribution is 7.40. The average molecular weight is 1970 g/mol. The van der Waals surface area contributed by atoms with Crippen LogP contribution in [0.25, 0.3) is 217 Å². The Kier molecular flexibility index (Phi) is 23.8. The van der Waals surface area contributed by atoms with E-state index in [1.165, 1.54) is 149 Å². The van der Waals surface area contributed by atoms with E-state index in [1.807, 2.05) is 98.3 Å². The molecule has 0 atom stereocenters. The maximum absolute atomic E-state index is 6.89. The van der Waals surface area contributed by atoms with Gasteiger partial charge in [-0.3, -0.25) is 0 Å². The molecule has 2 N–H and O–H groups in total. The van der Waals surface area contributed by atoms with Gasteiger partial charge in [-0.05, 0) is 268 Å². The summed E-state index contributed by atoms with van der Waals surface area (Å²) in [6.07, 6.45) is 9.94. The lowest BCUT2D eigenvalue weighted by Crippen LogP contribution is -2.05. The van der Waals surface area contributed by atoms with Crippen molar-refractivity contribution in [1.29, 1.82) is 0 Å². The number of anilines is 2. The first-order chi connectivity index (χ1) is 71.0. The number of hydrogen-bond donors (Lipinski definition) is 1. The fourth-order valence-electron chi connectivity index (χ4n) is 21.9. The lowest BCUT2D eigenvalue weighted by Gasteiger charge is -2.21. The molecule has 29 rings (SSSR count). The SMILES string of the molecule is COc1ccc(N(c2ccc(OC)cc2)p2oc3ccc4ccccc4c3c3c(ccc4ccccc43)o2)cc1.Cp1oc2c3ccccc3c3ccccc3c2c2c3ccccc3c3ccccc3c2o1.Cp1oc2ccc3c(c2c2c4c(ccc2o1)CCCC4)CCCC3.Cp1oc2ccc3ccccc3c2c2c(ccc3ccccc32)o1.Np1oc2ccc3ccccc3c2c2c(ccc3ccccc32)o1. The lowest BCUT2D eigenvalue weighted by molar-refractivity contribution is 0.415. The molecule has 0 spiro atoms. The molecule has 144 heavy (non-hydrogen) atoms. The summed E-state index contributed by atoms with van der Waals surface area (Å²) in [5.41, 5.74) is 22.8. The first kappa shape index (κ1) is 89.6. The Hall–Kier alpha value is -15.7. The molecule has 19 heteroatoms. The monoisotopic (exact) mass is 1970 g/mol. The number of nitrogens with zero attached hydrogens (tertiary/aromatic N) is 1. The van der Waals surface area contributed by atoms with Crippen molar-refractivity contribution < 1.29 is 51.4 Å². The minimum absolute atomic E-state index is 0.775. The molecule has 0 saturated carbocycles. The number of hydrogen-bond acceptors (Lipinski definition) is 14. The Balaban J connectivity index is 0.0000000957. The van der Waals surface area contributed by atoms with Gasteiger partial charge in [-0.2, -0.15) is 0 Å². The smallest absolute Gasteiger partial charge is 0.346 e. The van der Waals surface area contributed by atoms with Gasteiger partial charge in [0.05, 0.1) is 25.6 Å². The molecule has 0 amide bonds. The first-order valence-corrected chi connectivity index (χ1v) is 56.0. The van der Waals surface area contributed by atoms with E-state index in [0.29, 0.717) is 0 Å². The summed E-state index contributed by atoms with van der Waals surface area (Å²) < 4.78 is 76.5. The summed E-state index contributed by atoms with van der Waals surface area (Å²) in [6, 6.07) is 134. The van der Waals surface area contributed by atoms with Crippen molar-refractivity contribution in [3.8, 4) is 11.5 Å². The number of nitrogen functional groups attached to an aromatic ring is 1. The van der Waals surface area contributed by atoms with Gasteiger partial charge in [0.2, 0.25) is 24.0 Å². The van der Waals surface area contributed by atoms with Crippen LogP contribution in [-0.4, -0.2) is 14.2 Å². The highest BCUT2D eigenvalue weighted by Crippen LogP contribution is 2.53. The van der Waals surface area contributed by atoms with Crippen LogP contribution < -0.4 is 19.6 Å². The number of nitrogens with two attached hydrogens (primary N) is 1. The number of rotatable bonds is 5. The predicted octanol–water partition coefficient (Wildman–Crippen LogP) is 39.7. The third kappa shape index (κ3) is 16.3. The van der Waals surface area contributed by atoms with Crippen molar-refractivity contribution in [2.75, 3.05) is 24.4 Å². The Morgan fingerprint density at radius 2 is 0.451 bits per heavy atom. The van der Waals surface area contributed by atoms with Crippen LogP contribution in [0, 0.1) is 0 Å². The van der Waals surface area contributed by atoms with Crippen LogP contribution >= 0.6 is 40.4 Å². The fourth-order valence-corrected chi connectivity index (χ4v) is 26.8. The van der Waals surface area contributed by atoms with Gasteiger partial charge in [0.15, 0.2) is 0 Å². The van der Waals surface area contributed by atoms with Gasteiger partial charge in [-0.1, -0.05) is 291 Å². The molecule has 0 radical (unpaired) electrons. The van der Waals surface area contributed by atoms with Crippen LogP contribution in [0.15, 0.2) is 430 Å². The normalized spacial score (nSPS) is 12.4. The number of fused-ring (bicyclic) bond motifs is 41. The van der Waals surface area contributed by atoms with Crippen molar-refractivity contribution in [1.82, 2.24) is 0 Å². The summed E-state index contributed by atoms with van der Waals surface area (Å²) in [4.78, 5) is 0. The van der Waals surface area contributed by atoms with Gasteiger partial charge in [0.1, 0.15) is 67.3 Å². The van der Waals surface area contributed by atoms with Gasteiger partial charge in [0.25, 0.3) is 0 Å². The standard InChI is InChI=1S/C34H26NO4P.C29H19O2P.C21H23O2P.C21H15O2P.C20H14NO2P/c1-36-27-17-13-25(14-18-27)35(26-15-19-28(37-2)20-16-26)40-38-31-21-11-23-7-3-5-9-29(23)33(31)34-30-10-6-4-8-24(30)12-22-32(34)39-40;1-32-30-28-24-16-8-4-12-20(24)18-10-2-6-14-22(18)26(28)27-23-15-7-3-11-19(23)21-13-5-9-17-25(21)29(27)31-32;2*1-24-22-18-12-10-14-6-2-4-8-16(14)20(18)21-17-9-5-3-7-15(17)11-13-19(21)23-24;21-24-22-17-11-9-13-5-1-3-7-15(13)19(17)20-16-8-4-2-6-14(16)10-12-18(20)23-24/h3-22H,1-2H3;2-17H,1H3;10-13H,2-9H2,1H3;2-13H,1H3;1-12H,21H2. The Labute approximate surface area is 832 Å². The molecular formula is C125H97N2O12P5. The minimum Gasteiger partial charge on any atom is -0.497 e. The van der Waals surface area contributed by atoms with Crippen LogP contribution in [0.4, 0.5) is 11.4 Å². The fraction of sp³-hybridized carbons (Fsp3) is 0.104. The molecule has 0 fully saturated rings. The number of benzene rings is 22. The van der Waals surface area contributed by atoms with E-state index in [9.17, 15) is 0 Å². The van der Waals surface area contributed by atoms with Crippen LogP contribution in [-0.2, 0) is 45.7 Å². The largest absolute Gasteiger partial charge is 0.497 e. The third-order valence-electron chi connectivity index (χ3n) is 28.2. The average Bonchev–Trinajstić information content (AvgIpc) is 1.34. The van der Waals surface area contributed by atoms with E-state index >= 15 is 0 Å². The second-order valence-electron chi connectivity index (χ2n) is 36.6. The van der Waals surface area contributed by atoms with E-state index in [1.54, 1.807) is 14.2 Å². The van der Waals surface area contributed by atoms with E-state index < -0.39 is 40.4 Å². The molecule has 0 bridgehead atoms. The third-order valence-corrected chi connectivity index (χ3v) is 33.2. The van der Waals surface area contributed by atoms with Crippen LogP contribution in [0.2, 0.25) is 0 Å². The van der Waals surface area contributed by atoms with Crippen LogP contribution in [0.1, 0.15) is 47.9 Å². The van der Waals surface area contributed by atoms with E-state index in [2.05, 4.69) is 315 Å². The Bertz CT molecular complexity index is 9320. The zero-order chi connectivity index (χ0) is 96.6. The minimum atomic E-state index is -1.67. The molecule has 0 unspecified atom stereocenters. The second kappa shape index (κ2) is 38.3. The maximum atomic E-state index is 6.89. The predicted molar refractivity (Wildman–Crippen MR) is 607 cm³/mol. The zero-order valence-corrected chi connectivity index (χ0v) is 84.2. The maximum Gasteiger partial charge on any atom is 0.346 e. The van der Waals surface area contributed by atoms with Crippen molar-refractivity contribution in [3.05, 3.63) is 411 Å². The molecule has 5 aromatic heterocycles. The summed E-state index contributed by atoms with van der Waals surface area (Å²) in [6.45, 7) is 6.11. The topological polar surface area (TPSA) is 179 Å². The summed E-state index contributed by atoms with van der Waals surface area (Å²) >= 11 is 0. The van der Waals surface area contributed by atoms with Crippen molar-refractivity contribution >= 4 is 269 Å². The molecular weight excluding hydrogens is 1880 g/mol. The molecule has 5 heterocycles. The summed E-state index contributed by atoms with van der Waals surface area (Å²) in [7, 11) is -2.91. The number of methoxy groups -OCH3 is 2. The molecule has 704 valence electrons. The van der Waals surface area contributed by atoms with Gasteiger partial charge >= 0.3 is 16.3 Å². The van der Waals surface area contributed by atoms with Gasteiger partial charge in [-0.25, -0.2) is 10.2 Å². The number of aryl methyl sites for hydroxylation is 7. The zero-order valence-electron chi connectivity index (χ0n) is 79.8. The molecule has 22 aromatic carbocycles. The Morgan fingerprint density at radius 3 is 0.757 bits per heavy atom. The molecule has 0 saturated heterocycles. The quantitative estimate of drug-likeness (QED) is 0.161. The Morgan fingerprint density at radius 1 is 0.215 bits per heavy atom. The van der Waals surface area contributed by atoms with Crippen molar-refractivity contribution in [3.63, 3.8) is 0 Å². The van der Waals surface area contributed by atoms with Crippen LogP contribution in [0.3, 0.4) is 0 Å². The van der Waals surface area contributed by atoms with Crippen molar-refractivity contribution in [2.45, 2.75) is 51.4 Å². The second-order valence-corrected chi connectivity index (χ2v) is 42.5. The van der Waals surface area contributed by atoms with E-state index in [0.717, 1.165) is 165 Å². The molecule has 27 aromatic rings. The van der Waals surface area contributed by atoms with Crippen LogP contribution in [0.5, 0.6) is 11.5 Å². The highest BCUT2D eigenvalue weighted by Gasteiger charge is 2.27. The molecule has 14 nitrogen and oxygen atoms in total. The molecule has 0 aliphatic heterocycles. The molecule has 2 aliphatic carbocycles. The van der Waals surface area contributed by atoms with E-state index in [4.69, 9.17) is 56.9 Å². The first-order valence-electron chi connectivity index (χ1n) is 48.7. The lowest BCUT2D eigenvalue weighted by atomic mass is 9.84. The summed E-state index contributed by atoms with van der Waals surface area (Å²) in [5.74, 6) is 1.56. The van der Waals surface area contributed by atoms with Gasteiger partial charge < -0.3 is 51.4 Å². The summed E-state index contributed by atoms with van der Waals surface area (Å²) in [5, 5.41) is 34.9. The van der Waals surface area contributed by atoms with Crippen molar-refractivity contribution in [2.24, 2.45) is 20.0 Å². The van der Waals surface area contributed by atoms with Gasteiger partial charge in [-0.15, -0.1) is 0 Å². The molecule has 2 aliphatic rings. The van der Waals surface area contributed by atoms with Gasteiger partial charge in [0, 0.05) is 84.6 Å². The van der Waals surface area contributed by atoms with E-state index in [-0.39, 0.29) is 0 Å². The number of ether oxygens (including phenoxy) is 2. The highest BCUT2D eigenvalue weighted by atomic mass is 31.1.